The van der Waals surface area contributed by atoms with Crippen molar-refractivity contribution in [2.75, 3.05) is 4.90 Å². The zero-order valence-corrected chi connectivity index (χ0v) is 14.6. The summed E-state index contributed by atoms with van der Waals surface area (Å²) in [7, 11) is 0. The fraction of sp³-hybridized carbons (Fsp3) is 0.143. The van der Waals surface area contributed by atoms with Gasteiger partial charge in [-0.05, 0) is 56.7 Å². The van der Waals surface area contributed by atoms with E-state index in [4.69, 9.17) is 0 Å². The smallest absolute Gasteiger partial charge is 0.183 e. The molecule has 0 saturated heterocycles. The Kier molecular flexibility index (Phi) is 4.72. The molecule has 5 heteroatoms. The summed E-state index contributed by atoms with van der Waals surface area (Å²) in [5.74, 6) is -3.59. The van der Waals surface area contributed by atoms with E-state index in [-0.39, 0.29) is 22.5 Å². The molecule has 1 nitrogen and oxygen atoms in total. The molecule has 0 aliphatic rings. The fourth-order valence-electron chi connectivity index (χ4n) is 2.69. The van der Waals surface area contributed by atoms with Crippen molar-refractivity contribution in [1.82, 2.24) is 0 Å². The number of anilines is 3. The van der Waals surface area contributed by atoms with Crippen molar-refractivity contribution in [2.45, 2.75) is 20.8 Å². The molecule has 0 heterocycles. The van der Waals surface area contributed by atoms with Crippen LogP contribution in [0.2, 0.25) is 0 Å². The number of hydrogen-bond donors (Lipinski definition) is 0. The monoisotopic (exact) mass is 359 g/mol. The highest BCUT2D eigenvalue weighted by atomic mass is 19.2. The van der Waals surface area contributed by atoms with Crippen molar-refractivity contribution in [3.8, 4) is 0 Å². The fourth-order valence-corrected chi connectivity index (χ4v) is 2.69. The zero-order valence-electron chi connectivity index (χ0n) is 14.6. The Hall–Kier alpha value is -2.82. The number of benzene rings is 3. The molecular weight excluding hydrogens is 342 g/mol. The van der Waals surface area contributed by atoms with Gasteiger partial charge >= 0.3 is 0 Å². The van der Waals surface area contributed by atoms with Gasteiger partial charge in [-0.3, -0.25) is 0 Å². The Bertz CT molecular complexity index is 941. The molecule has 0 fully saturated rings. The number of nitrogens with zero attached hydrogens (tertiary/aromatic N) is 1. The minimum atomic E-state index is -1.08. The molecule has 0 atom stereocenters. The van der Waals surface area contributed by atoms with Crippen LogP contribution in [0.5, 0.6) is 0 Å². The van der Waals surface area contributed by atoms with Gasteiger partial charge in [-0.2, -0.15) is 0 Å². The second kappa shape index (κ2) is 6.83. The minimum Gasteiger partial charge on any atom is -0.307 e. The van der Waals surface area contributed by atoms with E-state index in [2.05, 4.69) is 0 Å². The van der Waals surface area contributed by atoms with Gasteiger partial charge in [0.1, 0.15) is 11.6 Å². The standard InChI is InChI=1S/C21H17F4N/c1-12-4-7-15(8-5-12)26(16-10-17(22)14(3)18(23)11-16)19-9-6-13(2)20(24)21(19)25/h4-11H,1-3H3. The predicted octanol–water partition coefficient (Wildman–Crippen LogP) is 6.64. The first-order valence-corrected chi connectivity index (χ1v) is 8.06. The SMILES string of the molecule is Cc1ccc(N(c2cc(F)c(C)c(F)c2)c2ccc(C)c(F)c2F)cc1. The Labute approximate surface area is 149 Å². The quantitative estimate of drug-likeness (QED) is 0.474. The molecule has 3 aromatic carbocycles. The molecule has 0 aromatic heterocycles. The van der Waals surface area contributed by atoms with Crippen LogP contribution < -0.4 is 4.90 Å². The Morgan fingerprint density at radius 2 is 1.23 bits per heavy atom. The first kappa shape index (κ1) is 18.0. The molecule has 0 aliphatic heterocycles. The maximum atomic E-state index is 14.6. The van der Waals surface area contributed by atoms with Crippen LogP contribution in [0.15, 0.2) is 48.5 Å². The van der Waals surface area contributed by atoms with Crippen molar-refractivity contribution in [2.24, 2.45) is 0 Å². The van der Waals surface area contributed by atoms with E-state index in [0.717, 1.165) is 17.7 Å². The van der Waals surface area contributed by atoms with Gasteiger partial charge in [0.2, 0.25) is 0 Å². The number of hydrogen-bond acceptors (Lipinski definition) is 1. The van der Waals surface area contributed by atoms with Gasteiger partial charge in [0.05, 0.1) is 11.4 Å². The molecule has 3 aromatic rings. The van der Waals surface area contributed by atoms with Crippen LogP contribution in [-0.4, -0.2) is 0 Å². The molecule has 0 saturated carbocycles. The molecule has 26 heavy (non-hydrogen) atoms. The van der Waals surface area contributed by atoms with E-state index in [1.165, 1.54) is 30.9 Å². The normalized spacial score (nSPS) is 10.9. The van der Waals surface area contributed by atoms with Crippen LogP contribution in [0.25, 0.3) is 0 Å². The first-order valence-electron chi connectivity index (χ1n) is 8.06. The zero-order chi connectivity index (χ0) is 19.0. The van der Waals surface area contributed by atoms with Gasteiger partial charge < -0.3 is 4.90 Å². The van der Waals surface area contributed by atoms with E-state index < -0.39 is 23.3 Å². The van der Waals surface area contributed by atoms with E-state index in [1.54, 1.807) is 24.3 Å². The van der Waals surface area contributed by atoms with Crippen molar-refractivity contribution in [3.05, 3.63) is 88.5 Å². The van der Waals surface area contributed by atoms with Crippen LogP contribution in [0, 0.1) is 44.0 Å². The summed E-state index contributed by atoms with van der Waals surface area (Å²) >= 11 is 0. The van der Waals surface area contributed by atoms with Gasteiger partial charge in [0.25, 0.3) is 0 Å². The highest BCUT2D eigenvalue weighted by Gasteiger charge is 2.22. The van der Waals surface area contributed by atoms with Crippen LogP contribution in [0.3, 0.4) is 0 Å². The molecule has 0 amide bonds. The third-order valence-corrected chi connectivity index (χ3v) is 4.31. The summed E-state index contributed by atoms with van der Waals surface area (Å²) in [4.78, 5) is 1.29. The van der Waals surface area contributed by atoms with Gasteiger partial charge in [0, 0.05) is 11.3 Å². The number of aryl methyl sites for hydroxylation is 2. The summed E-state index contributed by atoms with van der Waals surface area (Å²) in [5, 5.41) is 0. The molecule has 0 aliphatic carbocycles. The van der Waals surface area contributed by atoms with Crippen molar-refractivity contribution in [1.29, 1.82) is 0 Å². The second-order valence-corrected chi connectivity index (χ2v) is 6.23. The van der Waals surface area contributed by atoms with Gasteiger partial charge in [0.15, 0.2) is 11.6 Å². The second-order valence-electron chi connectivity index (χ2n) is 6.23. The number of rotatable bonds is 3. The lowest BCUT2D eigenvalue weighted by atomic mass is 10.1. The summed E-state index contributed by atoms with van der Waals surface area (Å²) in [6.07, 6.45) is 0. The maximum absolute atomic E-state index is 14.6. The van der Waals surface area contributed by atoms with Crippen LogP contribution in [-0.2, 0) is 0 Å². The lowest BCUT2D eigenvalue weighted by molar-refractivity contribution is 0.504. The van der Waals surface area contributed by atoms with Crippen molar-refractivity contribution in [3.63, 3.8) is 0 Å². The molecule has 3 rings (SSSR count). The molecule has 134 valence electrons. The van der Waals surface area contributed by atoms with Gasteiger partial charge in [-0.1, -0.05) is 23.8 Å². The minimum absolute atomic E-state index is 0.0663. The highest BCUT2D eigenvalue weighted by Crippen LogP contribution is 2.38. The van der Waals surface area contributed by atoms with Gasteiger partial charge in [-0.15, -0.1) is 0 Å². The maximum Gasteiger partial charge on any atom is 0.183 e. The average molecular weight is 359 g/mol. The van der Waals surface area contributed by atoms with E-state index in [1.807, 2.05) is 6.92 Å². The molecule has 0 bridgehead atoms. The lowest BCUT2D eigenvalue weighted by Crippen LogP contribution is -2.14. The van der Waals surface area contributed by atoms with Crippen molar-refractivity contribution < 1.29 is 17.6 Å². The molecular formula is C21H17F4N. The topological polar surface area (TPSA) is 3.24 Å². The molecule has 0 radical (unpaired) electrons. The third-order valence-electron chi connectivity index (χ3n) is 4.31. The summed E-state index contributed by atoms with van der Waals surface area (Å²) in [6.45, 7) is 4.64. The van der Waals surface area contributed by atoms with Crippen LogP contribution in [0.1, 0.15) is 16.7 Å². The van der Waals surface area contributed by atoms with E-state index in [9.17, 15) is 17.6 Å². The highest BCUT2D eigenvalue weighted by molar-refractivity contribution is 5.77. The molecule has 0 N–H and O–H groups in total. The van der Waals surface area contributed by atoms with Gasteiger partial charge in [-0.25, -0.2) is 17.6 Å². The molecule has 0 unspecified atom stereocenters. The van der Waals surface area contributed by atoms with Crippen molar-refractivity contribution >= 4 is 17.1 Å². The van der Waals surface area contributed by atoms with E-state index in [0.29, 0.717) is 5.69 Å². The summed E-state index contributed by atoms with van der Waals surface area (Å²) in [6, 6.07) is 12.0. The number of halogens is 4. The lowest BCUT2D eigenvalue weighted by Gasteiger charge is -2.26. The van der Waals surface area contributed by atoms with Crippen LogP contribution in [0.4, 0.5) is 34.6 Å². The molecule has 0 spiro atoms. The Morgan fingerprint density at radius 1 is 0.654 bits per heavy atom. The first-order chi connectivity index (χ1) is 12.3. The summed E-state index contributed by atoms with van der Waals surface area (Å²) < 4.78 is 57.0. The van der Waals surface area contributed by atoms with Crippen LogP contribution >= 0.6 is 0 Å². The Morgan fingerprint density at radius 3 is 1.81 bits per heavy atom. The third kappa shape index (κ3) is 3.17. The van der Waals surface area contributed by atoms with E-state index >= 15 is 0 Å². The predicted molar refractivity (Wildman–Crippen MR) is 95.2 cm³/mol. The average Bonchev–Trinajstić information content (AvgIpc) is 2.61. The largest absolute Gasteiger partial charge is 0.307 e. The summed E-state index contributed by atoms with van der Waals surface area (Å²) in [5.41, 5.74) is 1.38. The Balaban J connectivity index is 2.27.